The number of nitrogens with two attached hydrogens (primary N) is 1. The predicted molar refractivity (Wildman–Crippen MR) is 115 cm³/mol. The fraction of sp³-hybridized carbons (Fsp3) is 0.200. The molecule has 7 nitrogen and oxygen atoms in total. The van der Waals surface area contributed by atoms with Crippen LogP contribution in [0, 0.1) is 0 Å². The number of hydrogen-bond donors (Lipinski definition) is 1. The van der Waals surface area contributed by atoms with Gasteiger partial charge >= 0.3 is 0 Å². The zero-order valence-electron chi connectivity index (χ0n) is 15.7. The molecular weight excluding hydrogens is 406 g/mol. The highest BCUT2D eigenvalue weighted by Gasteiger charge is 2.33. The van der Waals surface area contributed by atoms with Crippen LogP contribution in [0.1, 0.15) is 23.6 Å². The van der Waals surface area contributed by atoms with E-state index in [1.807, 2.05) is 54.6 Å². The quantitative estimate of drug-likeness (QED) is 0.607. The van der Waals surface area contributed by atoms with Gasteiger partial charge in [-0.3, -0.25) is 4.79 Å². The van der Waals surface area contributed by atoms with E-state index in [-0.39, 0.29) is 17.7 Å². The van der Waals surface area contributed by atoms with Crippen LogP contribution in [0.25, 0.3) is 0 Å². The molecule has 4 rings (SSSR count). The number of hydrazone groups is 1. The number of thioether (sulfide) groups is 1. The average Bonchev–Trinajstić information content (AvgIpc) is 3.39. The summed E-state index contributed by atoms with van der Waals surface area (Å²) < 4.78 is 5.92. The number of carbonyl (C=O) groups is 1. The Hall–Kier alpha value is -2.91. The van der Waals surface area contributed by atoms with Crippen LogP contribution in [0.15, 0.2) is 64.0 Å². The molecule has 1 amide bonds. The third-order valence-electron chi connectivity index (χ3n) is 4.51. The molecule has 1 aliphatic rings. The lowest BCUT2D eigenvalue weighted by Gasteiger charge is -2.22. The van der Waals surface area contributed by atoms with Gasteiger partial charge in [-0.1, -0.05) is 65.6 Å². The van der Waals surface area contributed by atoms with Gasteiger partial charge in [0.1, 0.15) is 5.75 Å². The molecule has 2 N–H and O–H groups in total. The predicted octanol–water partition coefficient (Wildman–Crippen LogP) is 3.60. The van der Waals surface area contributed by atoms with Gasteiger partial charge in [-0.15, -0.1) is 10.2 Å². The Morgan fingerprint density at radius 1 is 1.21 bits per heavy atom. The minimum absolute atomic E-state index is 0.0875. The van der Waals surface area contributed by atoms with Gasteiger partial charge in [0.05, 0.1) is 24.6 Å². The summed E-state index contributed by atoms with van der Waals surface area (Å²) in [5.74, 6) is 0.904. The van der Waals surface area contributed by atoms with E-state index in [0.29, 0.717) is 15.9 Å². The van der Waals surface area contributed by atoms with E-state index in [4.69, 9.17) is 10.5 Å². The average molecular weight is 426 g/mol. The molecule has 9 heteroatoms. The van der Waals surface area contributed by atoms with E-state index in [1.165, 1.54) is 23.1 Å². The van der Waals surface area contributed by atoms with Gasteiger partial charge in [0.25, 0.3) is 5.91 Å². The Balaban J connectivity index is 1.57. The molecule has 0 aliphatic carbocycles. The third-order valence-corrected chi connectivity index (χ3v) is 6.39. The minimum Gasteiger partial charge on any atom is -0.497 e. The maximum atomic E-state index is 13.0. The van der Waals surface area contributed by atoms with Crippen LogP contribution in [0.2, 0.25) is 0 Å². The van der Waals surface area contributed by atoms with Crippen molar-refractivity contribution >= 4 is 39.8 Å². The topological polar surface area (TPSA) is 93.7 Å². The van der Waals surface area contributed by atoms with Crippen molar-refractivity contribution in [2.24, 2.45) is 5.10 Å². The number of methoxy groups -OCH3 is 1. The second-order valence-electron chi connectivity index (χ2n) is 6.34. The number of ether oxygens (including phenoxy) is 1. The molecular formula is C20H19N5O2S2. The van der Waals surface area contributed by atoms with E-state index in [9.17, 15) is 4.79 Å². The highest BCUT2D eigenvalue weighted by molar-refractivity contribution is 8.01. The fourth-order valence-electron chi connectivity index (χ4n) is 3.10. The van der Waals surface area contributed by atoms with Crippen molar-refractivity contribution in [2.75, 3.05) is 18.6 Å². The molecule has 29 heavy (non-hydrogen) atoms. The van der Waals surface area contributed by atoms with Crippen LogP contribution in [0.3, 0.4) is 0 Å². The molecule has 1 aliphatic heterocycles. The number of anilines is 1. The first-order valence-corrected chi connectivity index (χ1v) is 10.7. The first-order valence-electron chi connectivity index (χ1n) is 8.94. The molecule has 0 bridgehead atoms. The van der Waals surface area contributed by atoms with Gasteiger partial charge in [0, 0.05) is 6.42 Å². The van der Waals surface area contributed by atoms with Crippen molar-refractivity contribution in [3.63, 3.8) is 0 Å². The summed E-state index contributed by atoms with van der Waals surface area (Å²) in [5.41, 5.74) is 8.54. The monoisotopic (exact) mass is 425 g/mol. The van der Waals surface area contributed by atoms with E-state index < -0.39 is 0 Å². The van der Waals surface area contributed by atoms with Gasteiger partial charge in [-0.25, -0.2) is 5.01 Å². The largest absolute Gasteiger partial charge is 0.497 e. The lowest BCUT2D eigenvalue weighted by atomic mass is 9.98. The zero-order valence-corrected chi connectivity index (χ0v) is 17.3. The van der Waals surface area contributed by atoms with Gasteiger partial charge < -0.3 is 10.5 Å². The fourth-order valence-corrected chi connectivity index (χ4v) is 4.59. The number of nitrogens with zero attached hydrogens (tertiary/aromatic N) is 4. The highest BCUT2D eigenvalue weighted by Crippen LogP contribution is 2.34. The summed E-state index contributed by atoms with van der Waals surface area (Å²) in [5, 5.41) is 14.4. The van der Waals surface area contributed by atoms with Crippen molar-refractivity contribution in [1.29, 1.82) is 0 Å². The number of carbonyl (C=O) groups excluding carboxylic acids is 1. The summed E-state index contributed by atoms with van der Waals surface area (Å²) in [6.07, 6.45) is 0.651. The molecule has 1 aromatic heterocycles. The summed E-state index contributed by atoms with van der Waals surface area (Å²) in [6, 6.07) is 17.5. The lowest BCUT2D eigenvalue weighted by molar-refractivity contribution is -0.130. The van der Waals surface area contributed by atoms with Gasteiger partial charge in [0.15, 0.2) is 4.34 Å². The number of hydrogen-bond acceptors (Lipinski definition) is 8. The Morgan fingerprint density at radius 2 is 1.97 bits per heavy atom. The first kappa shape index (κ1) is 19.4. The molecule has 0 unspecified atom stereocenters. The van der Waals surface area contributed by atoms with E-state index in [0.717, 1.165) is 22.6 Å². The summed E-state index contributed by atoms with van der Waals surface area (Å²) >= 11 is 2.59. The van der Waals surface area contributed by atoms with Crippen molar-refractivity contribution < 1.29 is 9.53 Å². The molecule has 0 fully saturated rings. The van der Waals surface area contributed by atoms with Crippen LogP contribution in [-0.4, -0.2) is 39.7 Å². The number of nitrogen functional groups attached to an aromatic ring is 1. The number of benzene rings is 2. The molecule has 0 saturated carbocycles. The second-order valence-corrected chi connectivity index (χ2v) is 8.57. The minimum atomic E-state index is -0.163. The van der Waals surface area contributed by atoms with Gasteiger partial charge in [-0.2, -0.15) is 5.10 Å². The smallest absolute Gasteiger partial charge is 0.253 e. The molecule has 0 saturated heterocycles. The van der Waals surface area contributed by atoms with Crippen molar-refractivity contribution in [1.82, 2.24) is 15.2 Å². The summed E-state index contributed by atoms with van der Waals surface area (Å²) in [7, 11) is 1.63. The lowest BCUT2D eigenvalue weighted by Crippen LogP contribution is -2.28. The first-order chi connectivity index (χ1) is 14.1. The van der Waals surface area contributed by atoms with Crippen LogP contribution in [0.4, 0.5) is 5.13 Å². The van der Waals surface area contributed by atoms with Crippen molar-refractivity contribution in [3.05, 3.63) is 65.7 Å². The standard InChI is InChI=1S/C20H19N5O2S2/c1-27-15-9-7-14(8-10-15)17-11-16(13-5-3-2-4-6-13)24-25(17)18(26)12-28-20-23-22-19(21)29-20/h2-10,17H,11-12H2,1H3,(H2,21,22)/t17-/m1/s1. The summed E-state index contributed by atoms with van der Waals surface area (Å²) in [6.45, 7) is 0. The third kappa shape index (κ3) is 4.41. The van der Waals surface area contributed by atoms with Gasteiger partial charge in [-0.05, 0) is 23.3 Å². The van der Waals surface area contributed by atoms with E-state index in [2.05, 4.69) is 15.3 Å². The molecule has 3 aromatic rings. The Morgan fingerprint density at radius 3 is 2.62 bits per heavy atom. The highest BCUT2D eigenvalue weighted by atomic mass is 32.2. The molecule has 2 heterocycles. The van der Waals surface area contributed by atoms with Crippen molar-refractivity contribution in [2.45, 2.75) is 16.8 Å². The van der Waals surface area contributed by atoms with Gasteiger partial charge in [0.2, 0.25) is 5.13 Å². The number of aromatic nitrogens is 2. The normalized spacial score (nSPS) is 16.0. The van der Waals surface area contributed by atoms with E-state index >= 15 is 0 Å². The molecule has 0 radical (unpaired) electrons. The zero-order chi connectivity index (χ0) is 20.2. The Bertz CT molecular complexity index is 1020. The maximum absolute atomic E-state index is 13.0. The Kier molecular flexibility index (Phi) is 5.77. The Labute approximate surface area is 176 Å². The molecule has 148 valence electrons. The van der Waals surface area contributed by atoms with Crippen LogP contribution in [-0.2, 0) is 4.79 Å². The number of rotatable bonds is 6. The summed E-state index contributed by atoms with van der Waals surface area (Å²) in [4.78, 5) is 13.0. The second kappa shape index (κ2) is 8.62. The van der Waals surface area contributed by atoms with Crippen LogP contribution < -0.4 is 10.5 Å². The molecule has 1 atom stereocenters. The van der Waals surface area contributed by atoms with Crippen LogP contribution in [0.5, 0.6) is 5.75 Å². The number of amides is 1. The van der Waals surface area contributed by atoms with Crippen molar-refractivity contribution in [3.8, 4) is 5.75 Å². The molecule has 0 spiro atoms. The van der Waals surface area contributed by atoms with Crippen LogP contribution >= 0.6 is 23.1 Å². The molecule has 2 aromatic carbocycles. The maximum Gasteiger partial charge on any atom is 0.253 e. The van der Waals surface area contributed by atoms with E-state index in [1.54, 1.807) is 12.1 Å². The SMILES string of the molecule is COc1ccc([C@H]2CC(c3ccccc3)=NN2C(=O)CSc2nnc(N)s2)cc1.